The molecule has 0 spiro atoms. The van der Waals surface area contributed by atoms with Gasteiger partial charge in [0, 0.05) is 82.0 Å². The molecule has 0 fully saturated rings. The van der Waals surface area contributed by atoms with Crippen LogP contribution in [0.25, 0.3) is 158 Å². The number of anilines is 9. The van der Waals surface area contributed by atoms with E-state index in [0.29, 0.717) is 0 Å². The topological polar surface area (TPSA) is 24.5 Å². The molecule has 0 saturated heterocycles. The van der Waals surface area contributed by atoms with Crippen LogP contribution in [0.4, 0.5) is 51.2 Å². The second-order valence-corrected chi connectivity index (χ2v) is 29.9. The molecule has 0 amide bonds. The number of hydrogen-bond donors (Lipinski definition) is 0. The zero-order chi connectivity index (χ0) is 74.9. The summed E-state index contributed by atoms with van der Waals surface area (Å²) in [4.78, 5) is 7.60. The molecule has 0 aliphatic rings. The van der Waals surface area contributed by atoms with Gasteiger partial charge < -0.3 is 28.4 Å². The van der Waals surface area contributed by atoms with Gasteiger partial charge in [-0.15, -0.1) is 0 Å². The lowest BCUT2D eigenvalue weighted by Gasteiger charge is -2.34. The monoisotopic (exact) mass is 1450 g/mol. The molecule has 6 nitrogen and oxygen atoms in total. The molecule has 0 saturated carbocycles. The van der Waals surface area contributed by atoms with Gasteiger partial charge in [-0.2, -0.15) is 0 Å². The van der Waals surface area contributed by atoms with E-state index in [0.717, 1.165) is 150 Å². The highest BCUT2D eigenvalue weighted by Crippen LogP contribution is 2.52. The molecule has 0 atom stereocenters. The molecule has 0 aliphatic heterocycles. The van der Waals surface area contributed by atoms with Gasteiger partial charge >= 0.3 is 0 Å². The molecule has 23 aromatic rings. The molecule has 3 aromatic heterocycles. The van der Waals surface area contributed by atoms with E-state index in [9.17, 15) is 0 Å². The lowest BCUT2D eigenvalue weighted by atomic mass is 9.98. The summed E-state index contributed by atoms with van der Waals surface area (Å²) < 4.78 is 7.38. The highest BCUT2D eigenvalue weighted by atomic mass is 15.2. The summed E-state index contributed by atoms with van der Waals surface area (Å²) in [6, 6.07) is 158. The van der Waals surface area contributed by atoms with E-state index >= 15 is 0 Å². The average molecular weight is 1450 g/mol. The van der Waals surface area contributed by atoms with Crippen molar-refractivity contribution in [2.45, 2.75) is 0 Å². The molecule has 0 N–H and O–H groups in total. The largest absolute Gasteiger partial charge is 0.310 e. The Morgan fingerprint density at radius 3 is 0.816 bits per heavy atom. The predicted octanol–water partition coefficient (Wildman–Crippen LogP) is 30.0. The summed E-state index contributed by atoms with van der Waals surface area (Å²) in [5.41, 5.74) is 21.6. The van der Waals surface area contributed by atoms with Crippen LogP contribution in [0.2, 0.25) is 0 Å². The summed E-state index contributed by atoms with van der Waals surface area (Å²) in [6.07, 6.45) is 0. The van der Waals surface area contributed by atoms with Crippen LogP contribution < -0.4 is 14.7 Å². The van der Waals surface area contributed by atoms with Gasteiger partial charge in [0.25, 0.3) is 0 Å². The minimum Gasteiger partial charge on any atom is -0.310 e. The summed E-state index contributed by atoms with van der Waals surface area (Å²) >= 11 is 0. The van der Waals surface area contributed by atoms with Crippen molar-refractivity contribution in [2.75, 3.05) is 14.7 Å². The van der Waals surface area contributed by atoms with Crippen LogP contribution in [0.15, 0.2) is 425 Å². The molecule has 0 unspecified atom stereocenters. The molecular weight excluding hydrogens is 1380 g/mol. The summed E-state index contributed by atoms with van der Waals surface area (Å²) in [5, 5.41) is 21.0. The van der Waals surface area contributed by atoms with Crippen molar-refractivity contribution in [3.63, 3.8) is 0 Å². The van der Waals surface area contributed by atoms with Crippen LogP contribution in [-0.2, 0) is 0 Å². The molecule has 23 rings (SSSR count). The first-order valence-electron chi connectivity index (χ1n) is 39.2. The fraction of sp³-hybridized carbons (Fsp3) is 0. The molecular formula is C108H70N6. The molecule has 532 valence electrons. The number of aromatic nitrogens is 3. The Hall–Kier alpha value is -15.2. The van der Waals surface area contributed by atoms with E-state index in [1.807, 2.05) is 0 Å². The fourth-order valence-electron chi connectivity index (χ4n) is 18.6. The number of hydrogen-bond acceptors (Lipinski definition) is 3. The van der Waals surface area contributed by atoms with Crippen LogP contribution in [-0.4, -0.2) is 13.7 Å². The highest BCUT2D eigenvalue weighted by molar-refractivity contribution is 6.17. The number of fused-ring (bicyclic) bond motifs is 15. The fourth-order valence-corrected chi connectivity index (χ4v) is 18.6. The van der Waals surface area contributed by atoms with Gasteiger partial charge in [-0.3, -0.25) is 0 Å². The Bertz CT molecular complexity index is 7520. The third-order valence-corrected chi connectivity index (χ3v) is 23.7. The first-order valence-corrected chi connectivity index (χ1v) is 39.2. The first-order chi connectivity index (χ1) is 56.6. The Morgan fingerprint density at radius 1 is 0.158 bits per heavy atom. The predicted molar refractivity (Wildman–Crippen MR) is 484 cm³/mol. The second kappa shape index (κ2) is 26.2. The third-order valence-electron chi connectivity index (χ3n) is 23.7. The van der Waals surface area contributed by atoms with Crippen LogP contribution in [0.3, 0.4) is 0 Å². The van der Waals surface area contributed by atoms with Gasteiger partial charge in [-0.1, -0.05) is 291 Å². The zero-order valence-electron chi connectivity index (χ0n) is 62.1. The molecule has 0 bridgehead atoms. The zero-order valence-corrected chi connectivity index (χ0v) is 62.1. The summed E-state index contributed by atoms with van der Waals surface area (Å²) in [7, 11) is 0. The van der Waals surface area contributed by atoms with Crippen molar-refractivity contribution in [2.24, 2.45) is 0 Å². The van der Waals surface area contributed by atoms with Crippen molar-refractivity contribution in [3.05, 3.63) is 425 Å². The Labute approximate surface area is 658 Å². The lowest BCUT2D eigenvalue weighted by Crippen LogP contribution is -2.17. The minimum atomic E-state index is 0.962. The van der Waals surface area contributed by atoms with E-state index in [4.69, 9.17) is 0 Å². The SMILES string of the molecule is c1ccc2c(-c3ccc(-n4c5ccccc5c5cc(N(c6cc(N(c7ccc8c(c7)c7ccccc7n8-c7cccc8ccccc78)c7cccc8ccccc78)cc(N(c7ccc8c(c7)c7ccccc7n8-c7cccc8ccccc78)c7cccc8ccccc78)c6)c6cccc7ccccc67)ccc54)cc3)cccc2c1. The Kier molecular flexibility index (Phi) is 14.9. The van der Waals surface area contributed by atoms with E-state index in [1.54, 1.807) is 0 Å². The van der Waals surface area contributed by atoms with Crippen LogP contribution in [0, 0.1) is 0 Å². The van der Waals surface area contributed by atoms with Gasteiger partial charge in [0.1, 0.15) is 0 Å². The lowest BCUT2D eigenvalue weighted by molar-refractivity contribution is 1.18. The average Bonchev–Trinajstić information content (AvgIpc) is 1.71. The van der Waals surface area contributed by atoms with E-state index < -0.39 is 0 Å². The summed E-state index contributed by atoms with van der Waals surface area (Å²) in [6.45, 7) is 0. The van der Waals surface area contributed by atoms with Gasteiger partial charge in [0.05, 0.1) is 78.6 Å². The van der Waals surface area contributed by atoms with Gasteiger partial charge in [-0.25, -0.2) is 0 Å². The minimum absolute atomic E-state index is 0.962. The van der Waals surface area contributed by atoms with Crippen LogP contribution >= 0.6 is 0 Å². The standard InChI is InChI=1S/C108H70N6/c1-7-37-85-71(25-1)31-19-46-86(85)77-55-57-78(58-56-77)112-103-47-16-13-43-92(103)95-68-79(59-62-106(95)112)109(98-50-20-32-72-26-2-8-38-87(72)98)82-65-83(110(99-51-21-33-73-27-3-9-39-88(73)99)80-60-63-107-96(69-80)93-44-14-17-48-104(93)113(107)101-53-23-35-75-29-5-11-41-90(75)101)67-84(66-82)111(100-52-22-34-74-28-4-10-40-89(74)100)81-61-64-108-97(70-81)94-45-15-18-49-105(94)114(108)102-54-24-36-76-30-6-12-42-91(76)102/h1-70H. The maximum absolute atomic E-state index is 2.53. The van der Waals surface area contributed by atoms with Gasteiger partial charge in [0.2, 0.25) is 0 Å². The van der Waals surface area contributed by atoms with Crippen molar-refractivity contribution >= 4 is 181 Å². The number of benzene rings is 20. The van der Waals surface area contributed by atoms with Crippen LogP contribution in [0.1, 0.15) is 0 Å². The molecule has 20 aromatic carbocycles. The van der Waals surface area contributed by atoms with E-state index in [-0.39, 0.29) is 0 Å². The summed E-state index contributed by atoms with van der Waals surface area (Å²) in [5.74, 6) is 0. The normalized spacial score (nSPS) is 11.9. The quantitative estimate of drug-likeness (QED) is 0.115. The van der Waals surface area contributed by atoms with Crippen molar-refractivity contribution in [3.8, 4) is 28.2 Å². The van der Waals surface area contributed by atoms with Gasteiger partial charge in [0.15, 0.2) is 0 Å². The van der Waals surface area contributed by atoms with Crippen molar-refractivity contribution < 1.29 is 0 Å². The number of para-hydroxylation sites is 3. The molecule has 0 radical (unpaired) electrons. The Balaban J connectivity index is 0.810. The number of rotatable bonds is 13. The van der Waals surface area contributed by atoms with Gasteiger partial charge in [-0.05, 0) is 182 Å². The van der Waals surface area contributed by atoms with Crippen molar-refractivity contribution in [1.82, 2.24) is 13.7 Å². The Morgan fingerprint density at radius 2 is 0.430 bits per heavy atom. The highest BCUT2D eigenvalue weighted by Gasteiger charge is 2.28. The maximum Gasteiger partial charge on any atom is 0.0542 e. The molecule has 0 aliphatic carbocycles. The van der Waals surface area contributed by atoms with Crippen LogP contribution in [0.5, 0.6) is 0 Å². The third kappa shape index (κ3) is 10.4. The van der Waals surface area contributed by atoms with E-state index in [2.05, 4.69) is 453 Å². The van der Waals surface area contributed by atoms with Crippen molar-refractivity contribution in [1.29, 1.82) is 0 Å². The second-order valence-electron chi connectivity index (χ2n) is 29.9. The molecule has 114 heavy (non-hydrogen) atoms. The molecule has 6 heteroatoms. The molecule has 3 heterocycles. The number of nitrogens with zero attached hydrogens (tertiary/aromatic N) is 6. The smallest absolute Gasteiger partial charge is 0.0542 e. The maximum atomic E-state index is 2.53. The van der Waals surface area contributed by atoms with E-state index in [1.165, 1.54) is 59.6 Å². The first kappa shape index (κ1) is 64.7.